The molecule has 5 heteroatoms. The van der Waals surface area contributed by atoms with Crippen LogP contribution in [0, 0.1) is 19.8 Å². The molecule has 4 rings (SSSR count). The SMILES string of the molecule is Cc1ccc(OCC(=O)Nc2ccc3c(c2)CN(C(=O)C2CC2)CC3)cc1C. The van der Waals surface area contributed by atoms with E-state index < -0.39 is 0 Å². The van der Waals surface area contributed by atoms with Crippen molar-refractivity contribution in [3.63, 3.8) is 0 Å². The van der Waals surface area contributed by atoms with Gasteiger partial charge in [0.15, 0.2) is 6.61 Å². The number of nitrogens with zero attached hydrogens (tertiary/aromatic N) is 1. The molecular formula is C23H26N2O3. The molecular weight excluding hydrogens is 352 g/mol. The van der Waals surface area contributed by atoms with Gasteiger partial charge in [0.05, 0.1) is 0 Å². The van der Waals surface area contributed by atoms with Crippen molar-refractivity contribution in [2.75, 3.05) is 18.5 Å². The van der Waals surface area contributed by atoms with Crippen molar-refractivity contribution in [1.82, 2.24) is 4.90 Å². The van der Waals surface area contributed by atoms with Crippen LogP contribution in [0.2, 0.25) is 0 Å². The average Bonchev–Trinajstić information content (AvgIpc) is 3.53. The van der Waals surface area contributed by atoms with Crippen LogP contribution in [-0.2, 0) is 22.6 Å². The number of carbonyl (C=O) groups is 2. The Morgan fingerprint density at radius 2 is 1.89 bits per heavy atom. The number of carbonyl (C=O) groups excluding carboxylic acids is 2. The Kier molecular flexibility index (Phi) is 5.07. The van der Waals surface area contributed by atoms with E-state index in [-0.39, 0.29) is 24.3 Å². The second-order valence-corrected chi connectivity index (χ2v) is 7.85. The van der Waals surface area contributed by atoms with Gasteiger partial charge in [0.25, 0.3) is 5.91 Å². The van der Waals surface area contributed by atoms with Gasteiger partial charge in [-0.2, -0.15) is 0 Å². The van der Waals surface area contributed by atoms with Crippen molar-refractivity contribution in [3.05, 3.63) is 58.7 Å². The Labute approximate surface area is 165 Å². The third-order valence-electron chi connectivity index (χ3n) is 5.59. The van der Waals surface area contributed by atoms with Crippen LogP contribution in [0.1, 0.15) is 35.1 Å². The molecule has 2 amide bonds. The van der Waals surface area contributed by atoms with Crippen molar-refractivity contribution in [1.29, 1.82) is 0 Å². The normalized spacial score (nSPS) is 15.7. The van der Waals surface area contributed by atoms with E-state index in [2.05, 4.69) is 5.32 Å². The van der Waals surface area contributed by atoms with Crippen LogP contribution in [-0.4, -0.2) is 29.9 Å². The fraction of sp³-hybridized carbons (Fsp3) is 0.391. The summed E-state index contributed by atoms with van der Waals surface area (Å²) in [6.45, 7) is 5.45. The lowest BCUT2D eigenvalue weighted by Crippen LogP contribution is -2.36. The second kappa shape index (κ2) is 7.66. The van der Waals surface area contributed by atoms with Gasteiger partial charge in [0.2, 0.25) is 5.91 Å². The first-order chi connectivity index (χ1) is 13.5. The van der Waals surface area contributed by atoms with E-state index in [1.54, 1.807) is 0 Å². The van der Waals surface area contributed by atoms with Crippen LogP contribution < -0.4 is 10.1 Å². The molecule has 0 saturated heterocycles. The molecule has 0 atom stereocenters. The van der Waals surface area contributed by atoms with Gasteiger partial charge in [-0.1, -0.05) is 12.1 Å². The van der Waals surface area contributed by atoms with Crippen LogP contribution in [0.25, 0.3) is 0 Å². The number of amides is 2. The summed E-state index contributed by atoms with van der Waals surface area (Å²) in [5.74, 6) is 1.02. The maximum Gasteiger partial charge on any atom is 0.262 e. The van der Waals surface area contributed by atoms with Crippen LogP contribution in [0.5, 0.6) is 5.75 Å². The Bertz CT molecular complexity index is 918. The minimum absolute atomic E-state index is 0.0358. The molecule has 1 saturated carbocycles. The molecule has 1 N–H and O–H groups in total. The van der Waals surface area contributed by atoms with Crippen LogP contribution >= 0.6 is 0 Å². The molecule has 1 heterocycles. The number of anilines is 1. The lowest BCUT2D eigenvalue weighted by Gasteiger charge is -2.29. The first kappa shape index (κ1) is 18.5. The first-order valence-electron chi connectivity index (χ1n) is 9.90. The van der Waals surface area contributed by atoms with Gasteiger partial charge in [-0.15, -0.1) is 0 Å². The van der Waals surface area contributed by atoms with E-state index in [4.69, 9.17) is 4.74 Å². The molecule has 2 aromatic carbocycles. The van der Waals surface area contributed by atoms with Gasteiger partial charge in [0, 0.05) is 24.7 Å². The number of fused-ring (bicyclic) bond motifs is 1. The number of aryl methyl sites for hydroxylation is 2. The fourth-order valence-corrected chi connectivity index (χ4v) is 3.56. The van der Waals surface area contributed by atoms with Gasteiger partial charge in [0.1, 0.15) is 5.75 Å². The largest absolute Gasteiger partial charge is 0.484 e. The summed E-state index contributed by atoms with van der Waals surface area (Å²) >= 11 is 0. The lowest BCUT2D eigenvalue weighted by atomic mass is 9.98. The monoisotopic (exact) mass is 378 g/mol. The Morgan fingerprint density at radius 1 is 1.07 bits per heavy atom. The van der Waals surface area contributed by atoms with Gasteiger partial charge < -0.3 is 15.0 Å². The topological polar surface area (TPSA) is 58.6 Å². The minimum Gasteiger partial charge on any atom is -0.484 e. The van der Waals surface area contributed by atoms with Crippen molar-refractivity contribution in [2.45, 2.75) is 39.7 Å². The fourth-order valence-electron chi connectivity index (χ4n) is 3.56. The zero-order chi connectivity index (χ0) is 19.7. The van der Waals surface area contributed by atoms with E-state index in [9.17, 15) is 9.59 Å². The molecule has 146 valence electrons. The van der Waals surface area contributed by atoms with Crippen molar-refractivity contribution in [3.8, 4) is 5.75 Å². The molecule has 0 radical (unpaired) electrons. The molecule has 0 unspecified atom stereocenters. The summed E-state index contributed by atoms with van der Waals surface area (Å²) in [5, 5.41) is 2.90. The van der Waals surface area contributed by atoms with E-state index in [0.29, 0.717) is 12.3 Å². The standard InChI is InChI=1S/C23H26N2O3/c1-15-3-8-21(11-16(15)2)28-14-22(26)24-20-7-6-17-9-10-25(13-19(17)12-20)23(27)18-4-5-18/h3,6-8,11-12,18H,4-5,9-10,13-14H2,1-2H3,(H,24,26). The quantitative estimate of drug-likeness (QED) is 0.865. The molecule has 0 bridgehead atoms. The number of rotatable bonds is 5. The summed E-state index contributed by atoms with van der Waals surface area (Å²) in [4.78, 5) is 26.6. The molecule has 28 heavy (non-hydrogen) atoms. The molecule has 5 nitrogen and oxygen atoms in total. The van der Waals surface area contributed by atoms with Gasteiger partial charge in [-0.25, -0.2) is 0 Å². The summed E-state index contributed by atoms with van der Waals surface area (Å²) in [7, 11) is 0. The van der Waals surface area contributed by atoms with E-state index in [0.717, 1.165) is 42.6 Å². The highest BCUT2D eigenvalue weighted by molar-refractivity contribution is 5.92. The Morgan fingerprint density at radius 3 is 2.64 bits per heavy atom. The molecule has 1 aliphatic heterocycles. The zero-order valence-electron chi connectivity index (χ0n) is 16.5. The van der Waals surface area contributed by atoms with E-state index >= 15 is 0 Å². The average molecular weight is 378 g/mol. The number of nitrogens with one attached hydrogen (secondary N) is 1. The highest BCUT2D eigenvalue weighted by Gasteiger charge is 2.34. The molecule has 1 aliphatic carbocycles. The van der Waals surface area contributed by atoms with Gasteiger partial charge >= 0.3 is 0 Å². The zero-order valence-corrected chi connectivity index (χ0v) is 16.5. The third kappa shape index (κ3) is 4.19. The molecule has 0 aromatic heterocycles. The van der Waals surface area contributed by atoms with E-state index in [1.807, 2.05) is 55.1 Å². The van der Waals surface area contributed by atoms with Crippen LogP contribution in [0.15, 0.2) is 36.4 Å². The van der Waals surface area contributed by atoms with Crippen LogP contribution in [0.4, 0.5) is 5.69 Å². The highest BCUT2D eigenvalue weighted by Crippen LogP contribution is 2.33. The minimum atomic E-state index is -0.195. The molecule has 0 spiro atoms. The molecule has 2 aromatic rings. The van der Waals surface area contributed by atoms with E-state index in [1.165, 1.54) is 11.1 Å². The smallest absolute Gasteiger partial charge is 0.262 e. The van der Waals surface area contributed by atoms with Gasteiger partial charge in [-0.3, -0.25) is 9.59 Å². The Balaban J connectivity index is 1.35. The lowest BCUT2D eigenvalue weighted by molar-refractivity contribution is -0.133. The summed E-state index contributed by atoms with van der Waals surface area (Å²) in [5.41, 5.74) is 5.45. The van der Waals surface area contributed by atoms with Crippen molar-refractivity contribution >= 4 is 17.5 Å². The maximum absolute atomic E-state index is 12.3. The maximum atomic E-state index is 12.3. The summed E-state index contributed by atoms with van der Waals surface area (Å²) in [6.07, 6.45) is 2.93. The number of benzene rings is 2. The summed E-state index contributed by atoms with van der Waals surface area (Å²) in [6, 6.07) is 11.8. The molecule has 1 fully saturated rings. The molecule has 2 aliphatic rings. The number of ether oxygens (including phenoxy) is 1. The van der Waals surface area contributed by atoms with Crippen LogP contribution in [0.3, 0.4) is 0 Å². The first-order valence-corrected chi connectivity index (χ1v) is 9.90. The van der Waals surface area contributed by atoms with Crippen molar-refractivity contribution in [2.24, 2.45) is 5.92 Å². The number of hydrogen-bond acceptors (Lipinski definition) is 3. The predicted molar refractivity (Wildman–Crippen MR) is 108 cm³/mol. The highest BCUT2D eigenvalue weighted by atomic mass is 16.5. The second-order valence-electron chi connectivity index (χ2n) is 7.85. The van der Waals surface area contributed by atoms with Crippen molar-refractivity contribution < 1.29 is 14.3 Å². The third-order valence-corrected chi connectivity index (χ3v) is 5.59. The summed E-state index contributed by atoms with van der Waals surface area (Å²) < 4.78 is 5.61. The Hall–Kier alpha value is -2.82. The van der Waals surface area contributed by atoms with Gasteiger partial charge in [-0.05, 0) is 79.6 Å². The number of hydrogen-bond donors (Lipinski definition) is 1. The predicted octanol–water partition coefficient (Wildman–Crippen LogP) is 3.62.